The van der Waals surface area contributed by atoms with Crippen LogP contribution in [0.3, 0.4) is 0 Å². The first-order valence-electron chi connectivity index (χ1n) is 17.5. The predicted molar refractivity (Wildman–Crippen MR) is 207 cm³/mol. The third-order valence-electron chi connectivity index (χ3n) is 9.46. The average molecular weight is 785 g/mol. The maximum absolute atomic E-state index is 11.5. The van der Waals surface area contributed by atoms with E-state index in [1.54, 1.807) is 24.3 Å². The molecule has 0 spiro atoms. The zero-order chi connectivity index (χ0) is 39.4. The molecule has 0 aliphatic rings. The Morgan fingerprint density at radius 2 is 1.17 bits per heavy atom. The van der Waals surface area contributed by atoms with E-state index in [0.717, 1.165) is 38.9 Å². The summed E-state index contributed by atoms with van der Waals surface area (Å²) in [6.07, 6.45) is 0.990. The monoisotopic (exact) mass is 783 g/mol. The highest BCUT2D eigenvalue weighted by molar-refractivity contribution is 6.32. The van der Waals surface area contributed by atoms with Gasteiger partial charge in [-0.15, -0.1) is 0 Å². The smallest absolute Gasteiger partial charge is 0.320 e. The second-order valence-corrected chi connectivity index (χ2v) is 13.6. The molecule has 0 radical (unpaired) electrons. The van der Waals surface area contributed by atoms with Crippen molar-refractivity contribution in [1.29, 1.82) is 0 Å². The van der Waals surface area contributed by atoms with Gasteiger partial charge in [0.15, 0.2) is 0 Å². The van der Waals surface area contributed by atoms with E-state index in [0.29, 0.717) is 51.4 Å². The number of aliphatic hydroxyl groups is 2. The van der Waals surface area contributed by atoms with E-state index in [-0.39, 0.29) is 45.8 Å². The molecule has 4 aromatic rings. The van der Waals surface area contributed by atoms with Crippen molar-refractivity contribution in [2.45, 2.75) is 65.3 Å². The molecule has 0 unspecified atom stereocenters. The van der Waals surface area contributed by atoms with Gasteiger partial charge in [0.25, 0.3) is 0 Å². The van der Waals surface area contributed by atoms with E-state index < -0.39 is 23.9 Å². The third kappa shape index (κ3) is 10.8. The number of aliphatic hydroxyl groups excluding tert-OH is 2. The molecule has 11 nitrogen and oxygen atoms in total. The van der Waals surface area contributed by atoms with Gasteiger partial charge < -0.3 is 44.7 Å². The van der Waals surface area contributed by atoms with Gasteiger partial charge in [-0.25, -0.2) is 0 Å². The molecule has 5 N–H and O–H groups in total. The van der Waals surface area contributed by atoms with Gasteiger partial charge in [-0.2, -0.15) is 0 Å². The second-order valence-electron chi connectivity index (χ2n) is 12.8. The minimum atomic E-state index is -1.06. The van der Waals surface area contributed by atoms with E-state index in [9.17, 15) is 30.0 Å². The number of aliphatic carboxylic acids is 2. The lowest BCUT2D eigenvalue weighted by Crippen LogP contribution is -2.37. The summed E-state index contributed by atoms with van der Waals surface area (Å²) in [7, 11) is 3.05. The van der Waals surface area contributed by atoms with E-state index in [2.05, 4.69) is 17.4 Å². The standard InChI is InChI=1S/C41H47Cl2NO10/c1-24-28(22-53-38-19-36(51-3)27(17-33(38)42)12-11-26(13-15-45)40(47)48)7-5-9-31(24)32-10-6-8-29(25(32)2)23-54-39-20-37(52-4)30(18-34(39)43)21-44-35(14-16-46)41(49)50/h5-10,17-20,26,35,44-46H,11-16,21-23H2,1-4H3,(H,47,48)(H,49,50)/t26-,35-/m0/s1. The van der Waals surface area contributed by atoms with Crippen LogP contribution in [0.2, 0.25) is 10.0 Å². The number of rotatable bonds is 21. The van der Waals surface area contributed by atoms with Gasteiger partial charge in [0, 0.05) is 37.5 Å². The molecular formula is C41H47Cl2NO10. The summed E-state index contributed by atoms with van der Waals surface area (Å²) in [6.45, 7) is 4.26. The maximum atomic E-state index is 11.5. The van der Waals surface area contributed by atoms with Gasteiger partial charge in [0.1, 0.15) is 42.3 Å². The van der Waals surface area contributed by atoms with E-state index in [1.165, 1.54) is 14.2 Å². The van der Waals surface area contributed by atoms with Gasteiger partial charge in [-0.05, 0) is 90.6 Å². The number of halogens is 2. The highest BCUT2D eigenvalue weighted by Gasteiger charge is 2.21. The first-order valence-corrected chi connectivity index (χ1v) is 18.2. The van der Waals surface area contributed by atoms with Crippen LogP contribution in [-0.4, -0.2) is 65.8 Å². The molecule has 0 bridgehead atoms. The molecule has 0 heterocycles. The number of hydrogen-bond acceptors (Lipinski definition) is 9. The Balaban J connectivity index is 1.48. The lowest BCUT2D eigenvalue weighted by Gasteiger charge is -2.19. The molecule has 4 aromatic carbocycles. The summed E-state index contributed by atoms with van der Waals surface area (Å²) in [4.78, 5) is 23.0. The minimum Gasteiger partial charge on any atom is -0.496 e. The van der Waals surface area contributed by atoms with Crippen molar-refractivity contribution in [2.24, 2.45) is 5.92 Å². The minimum absolute atomic E-state index is 0.0654. The molecule has 0 saturated carbocycles. The molecule has 0 aromatic heterocycles. The highest BCUT2D eigenvalue weighted by Crippen LogP contribution is 2.37. The summed E-state index contributed by atoms with van der Waals surface area (Å²) in [5, 5.41) is 40.9. The summed E-state index contributed by atoms with van der Waals surface area (Å²) >= 11 is 13.2. The third-order valence-corrected chi connectivity index (χ3v) is 10.1. The molecule has 0 fully saturated rings. The van der Waals surface area contributed by atoms with Crippen LogP contribution in [0, 0.1) is 19.8 Å². The SMILES string of the molecule is COc1cc(OCc2cccc(-c3cccc(COc4cc(OC)c(CN[C@@H](CCO)C(=O)O)cc4Cl)c3C)c2C)c(Cl)cc1CC[C@@H](CCO)C(=O)O. The quantitative estimate of drug-likeness (QED) is 0.0572. The van der Waals surface area contributed by atoms with Crippen molar-refractivity contribution in [3.8, 4) is 34.1 Å². The molecule has 0 aliphatic carbocycles. The highest BCUT2D eigenvalue weighted by atomic mass is 35.5. The van der Waals surface area contributed by atoms with Crippen molar-refractivity contribution in [1.82, 2.24) is 5.32 Å². The largest absolute Gasteiger partial charge is 0.496 e. The molecule has 54 heavy (non-hydrogen) atoms. The molecule has 0 saturated heterocycles. The Kier molecular flexibility index (Phi) is 15.8. The number of carboxylic acid groups (broad SMARTS) is 2. The number of carboxylic acids is 2. The van der Waals surface area contributed by atoms with Crippen LogP contribution in [0.5, 0.6) is 23.0 Å². The average Bonchev–Trinajstić information content (AvgIpc) is 3.15. The number of aryl methyl sites for hydroxylation is 1. The van der Waals surface area contributed by atoms with Crippen LogP contribution in [0.25, 0.3) is 11.1 Å². The Morgan fingerprint density at radius 1 is 0.667 bits per heavy atom. The summed E-state index contributed by atoms with van der Waals surface area (Å²) in [6, 6.07) is 17.9. The number of nitrogens with one attached hydrogen (secondary N) is 1. The summed E-state index contributed by atoms with van der Waals surface area (Å²) in [5.74, 6) is -0.804. The first-order chi connectivity index (χ1) is 25.9. The first kappa shape index (κ1) is 42.2. The van der Waals surface area contributed by atoms with Gasteiger partial charge in [0.05, 0.1) is 30.2 Å². The van der Waals surface area contributed by atoms with Crippen molar-refractivity contribution in [2.75, 3.05) is 27.4 Å². The number of ether oxygens (including phenoxy) is 4. The van der Waals surface area contributed by atoms with Crippen LogP contribution in [0.15, 0.2) is 60.7 Å². The lowest BCUT2D eigenvalue weighted by atomic mass is 9.92. The Bertz CT molecular complexity index is 1780. The second kappa shape index (κ2) is 20.2. The fourth-order valence-corrected chi connectivity index (χ4v) is 6.69. The lowest BCUT2D eigenvalue weighted by molar-refractivity contribution is -0.142. The van der Waals surface area contributed by atoms with Crippen molar-refractivity contribution >= 4 is 35.1 Å². The topological polar surface area (TPSA) is 164 Å². The summed E-state index contributed by atoms with van der Waals surface area (Å²) < 4.78 is 23.5. The van der Waals surface area contributed by atoms with Gasteiger partial charge in [-0.3, -0.25) is 9.59 Å². The van der Waals surface area contributed by atoms with Crippen molar-refractivity contribution in [3.05, 3.63) is 104 Å². The number of benzene rings is 4. The molecular weight excluding hydrogens is 737 g/mol. The zero-order valence-electron chi connectivity index (χ0n) is 30.8. The van der Waals surface area contributed by atoms with Gasteiger partial charge in [-0.1, -0.05) is 59.6 Å². The fourth-order valence-electron chi connectivity index (χ4n) is 6.21. The van der Waals surface area contributed by atoms with E-state index in [4.69, 9.17) is 42.1 Å². The Hall–Kier alpha value is -4.52. The maximum Gasteiger partial charge on any atom is 0.320 e. The van der Waals surface area contributed by atoms with Crippen molar-refractivity contribution < 1.29 is 49.0 Å². The van der Waals surface area contributed by atoms with Gasteiger partial charge >= 0.3 is 11.9 Å². The Labute approximate surface area is 325 Å². The number of methoxy groups -OCH3 is 2. The molecule has 4 rings (SSSR count). The number of carbonyl (C=O) groups is 2. The van der Waals surface area contributed by atoms with Gasteiger partial charge in [0.2, 0.25) is 0 Å². The molecule has 13 heteroatoms. The molecule has 0 aliphatic heterocycles. The zero-order valence-corrected chi connectivity index (χ0v) is 32.3. The van der Waals surface area contributed by atoms with Crippen LogP contribution in [-0.2, 0) is 35.8 Å². The van der Waals surface area contributed by atoms with Crippen LogP contribution in [0.1, 0.15) is 52.6 Å². The number of hydrogen-bond donors (Lipinski definition) is 5. The molecule has 0 amide bonds. The van der Waals surface area contributed by atoms with E-state index >= 15 is 0 Å². The van der Waals surface area contributed by atoms with Crippen LogP contribution < -0.4 is 24.3 Å². The van der Waals surface area contributed by atoms with Crippen LogP contribution in [0.4, 0.5) is 0 Å². The molecule has 290 valence electrons. The summed E-state index contributed by atoms with van der Waals surface area (Å²) in [5.41, 5.74) is 7.43. The molecule has 2 atom stereocenters. The normalized spacial score (nSPS) is 12.2. The fraction of sp³-hybridized carbons (Fsp3) is 0.366. The van der Waals surface area contributed by atoms with E-state index in [1.807, 2.05) is 38.1 Å². The van der Waals surface area contributed by atoms with Crippen molar-refractivity contribution in [3.63, 3.8) is 0 Å². The van der Waals surface area contributed by atoms with Crippen LogP contribution >= 0.6 is 23.2 Å². The predicted octanol–water partition coefficient (Wildman–Crippen LogP) is 7.39. The Morgan fingerprint density at radius 3 is 1.63 bits per heavy atom.